The number of nitrogens with one attached hydrogen (secondary N) is 1. The van der Waals surface area contributed by atoms with Crippen LogP contribution in [0, 0.1) is 0 Å². The quantitative estimate of drug-likeness (QED) is 0.450. The molecule has 0 aliphatic carbocycles. The molecule has 1 amide bonds. The summed E-state index contributed by atoms with van der Waals surface area (Å²) >= 11 is 0.884. The van der Waals surface area contributed by atoms with E-state index in [9.17, 15) is 27.6 Å². The lowest BCUT2D eigenvalue weighted by Gasteiger charge is -2.12. The molecule has 2 rings (SSSR count). The van der Waals surface area contributed by atoms with Crippen LogP contribution in [-0.2, 0) is 16.0 Å². The third-order valence-electron chi connectivity index (χ3n) is 3.88. The molecule has 0 radical (unpaired) electrons. The Morgan fingerprint density at radius 2 is 1.67 bits per heavy atom. The van der Waals surface area contributed by atoms with E-state index in [-0.39, 0.29) is 18.1 Å². The van der Waals surface area contributed by atoms with E-state index in [2.05, 4.69) is 10.1 Å². The van der Waals surface area contributed by atoms with Crippen molar-refractivity contribution in [1.82, 2.24) is 5.32 Å². The number of carbonyl (C=O) groups excluding carboxylic acids is 3. The molecule has 160 valence electrons. The minimum absolute atomic E-state index is 0.181. The van der Waals surface area contributed by atoms with Crippen molar-refractivity contribution in [3.8, 4) is 11.5 Å². The molecule has 1 atom stereocenters. The van der Waals surface area contributed by atoms with E-state index in [1.165, 1.54) is 19.2 Å². The summed E-state index contributed by atoms with van der Waals surface area (Å²) in [5, 5.41) is 1.95. The molecule has 0 saturated carbocycles. The van der Waals surface area contributed by atoms with E-state index in [4.69, 9.17) is 4.74 Å². The molecular weight excluding hydrogens is 423 g/mol. The van der Waals surface area contributed by atoms with Crippen LogP contribution in [0.15, 0.2) is 48.5 Å². The molecule has 2 aromatic rings. The zero-order valence-electron chi connectivity index (χ0n) is 15.8. The van der Waals surface area contributed by atoms with E-state index < -0.39 is 23.1 Å². The molecule has 0 bridgehead atoms. The largest absolute Gasteiger partial charge is 0.573 e. The van der Waals surface area contributed by atoms with Crippen molar-refractivity contribution in [2.24, 2.45) is 0 Å². The maximum atomic E-state index is 12.2. The summed E-state index contributed by atoms with van der Waals surface area (Å²) < 4.78 is 45.6. The Labute approximate surface area is 174 Å². The highest BCUT2D eigenvalue weighted by Gasteiger charge is 2.31. The average molecular weight is 441 g/mol. The first-order valence-corrected chi connectivity index (χ1v) is 9.57. The second-order valence-electron chi connectivity index (χ2n) is 5.97. The molecule has 0 aliphatic rings. The van der Waals surface area contributed by atoms with Crippen LogP contribution in [0.2, 0.25) is 0 Å². The monoisotopic (exact) mass is 441 g/mol. The van der Waals surface area contributed by atoms with E-state index in [0.717, 1.165) is 29.5 Å². The highest BCUT2D eigenvalue weighted by molar-refractivity contribution is 8.13. The summed E-state index contributed by atoms with van der Waals surface area (Å²) in [7, 11) is 1.49. The van der Waals surface area contributed by atoms with Crippen LogP contribution in [0.1, 0.15) is 15.9 Å². The fourth-order valence-corrected chi connectivity index (χ4v) is 3.11. The van der Waals surface area contributed by atoms with Gasteiger partial charge in [-0.2, -0.15) is 0 Å². The third-order valence-corrected chi connectivity index (χ3v) is 4.70. The number of Topliss-reactive ketones (excluding diaryl/α,β-unsaturated/α-hetero) is 1. The molecule has 10 heteroatoms. The Hall–Kier alpha value is -3.01. The summed E-state index contributed by atoms with van der Waals surface area (Å²) in [4.78, 5) is 34.6. The number of thioether (sulfide) groups is 1. The number of amides is 1. The highest BCUT2D eigenvalue weighted by Crippen LogP contribution is 2.23. The zero-order chi connectivity index (χ0) is 22.1. The highest BCUT2D eigenvalue weighted by atomic mass is 32.2. The predicted molar refractivity (Wildman–Crippen MR) is 105 cm³/mol. The van der Waals surface area contributed by atoms with Gasteiger partial charge in [-0.15, -0.1) is 13.2 Å². The van der Waals surface area contributed by atoms with Gasteiger partial charge in [0.05, 0.1) is 5.25 Å². The van der Waals surface area contributed by atoms with Crippen LogP contribution in [-0.4, -0.2) is 42.6 Å². The maximum absolute atomic E-state index is 12.2. The summed E-state index contributed by atoms with van der Waals surface area (Å²) in [6, 6.07) is 11.2. The van der Waals surface area contributed by atoms with Crippen molar-refractivity contribution in [3.63, 3.8) is 0 Å². The summed E-state index contributed by atoms with van der Waals surface area (Å²) in [5.74, 6) is -0.689. The van der Waals surface area contributed by atoms with Gasteiger partial charge < -0.3 is 14.8 Å². The molecule has 1 unspecified atom stereocenters. The van der Waals surface area contributed by atoms with Gasteiger partial charge in [0, 0.05) is 12.6 Å². The number of ether oxygens (including phenoxy) is 2. The van der Waals surface area contributed by atoms with Crippen molar-refractivity contribution in [2.75, 3.05) is 13.7 Å². The molecule has 0 aliphatic heterocycles. The van der Waals surface area contributed by atoms with Crippen LogP contribution in [0.3, 0.4) is 0 Å². The molecule has 0 spiro atoms. The number of hydrogen-bond acceptors (Lipinski definition) is 6. The van der Waals surface area contributed by atoms with Crippen LogP contribution < -0.4 is 14.8 Å². The Balaban J connectivity index is 1.90. The van der Waals surface area contributed by atoms with Gasteiger partial charge in [-0.3, -0.25) is 14.4 Å². The van der Waals surface area contributed by atoms with Crippen molar-refractivity contribution in [3.05, 3.63) is 59.7 Å². The predicted octanol–water partition coefficient (Wildman–Crippen LogP) is 3.43. The Bertz CT molecular complexity index is 870. The summed E-state index contributed by atoms with van der Waals surface area (Å²) in [5.41, 5.74) is 1.60. The second-order valence-corrected chi connectivity index (χ2v) is 7.00. The minimum atomic E-state index is -4.80. The molecule has 0 fully saturated rings. The Kier molecular flexibility index (Phi) is 8.28. The number of halogens is 3. The van der Waals surface area contributed by atoms with Gasteiger partial charge in [0.1, 0.15) is 11.5 Å². The smallest absolute Gasteiger partial charge is 0.485 e. The van der Waals surface area contributed by atoms with Gasteiger partial charge in [-0.25, -0.2) is 0 Å². The van der Waals surface area contributed by atoms with E-state index in [1.54, 1.807) is 24.3 Å². The van der Waals surface area contributed by atoms with Gasteiger partial charge in [-0.1, -0.05) is 23.9 Å². The molecule has 0 heterocycles. The number of hydrogen-bond donors (Lipinski definition) is 1. The molecular formula is C20H18F3NO5S. The molecule has 6 nitrogen and oxygen atoms in total. The van der Waals surface area contributed by atoms with Crippen LogP contribution in [0.5, 0.6) is 11.5 Å². The van der Waals surface area contributed by atoms with Gasteiger partial charge in [0.15, 0.2) is 18.0 Å². The Morgan fingerprint density at radius 1 is 1.07 bits per heavy atom. The van der Waals surface area contributed by atoms with Gasteiger partial charge in [0.25, 0.3) is 0 Å². The van der Waals surface area contributed by atoms with Gasteiger partial charge >= 0.3 is 6.36 Å². The van der Waals surface area contributed by atoms with E-state index in [0.29, 0.717) is 17.8 Å². The van der Waals surface area contributed by atoms with Crippen molar-refractivity contribution < 1.29 is 37.0 Å². The van der Waals surface area contributed by atoms with Gasteiger partial charge in [-0.05, 0) is 48.4 Å². The third kappa shape index (κ3) is 7.43. The number of alkyl halides is 3. The minimum Gasteiger partial charge on any atom is -0.485 e. The number of benzene rings is 2. The molecule has 0 aromatic heterocycles. The van der Waals surface area contributed by atoms with Crippen molar-refractivity contribution in [1.29, 1.82) is 0 Å². The maximum Gasteiger partial charge on any atom is 0.573 e. The van der Waals surface area contributed by atoms with E-state index in [1.807, 2.05) is 0 Å². The lowest BCUT2D eigenvalue weighted by molar-refractivity contribution is -0.274. The molecule has 1 N–H and O–H groups in total. The zero-order valence-corrected chi connectivity index (χ0v) is 16.6. The first-order valence-electron chi connectivity index (χ1n) is 8.63. The lowest BCUT2D eigenvalue weighted by Crippen LogP contribution is -2.31. The standard InChI is InChI=1S/C20H18F3NO5S/c1-24-19(27)18(30-12-25)10-13-2-6-15(7-3-13)28-11-17(26)14-4-8-16(9-5-14)29-20(21,22)23/h2-9,12,18H,10-11H2,1H3,(H,24,27). The molecule has 0 saturated heterocycles. The van der Waals surface area contributed by atoms with Crippen LogP contribution >= 0.6 is 11.8 Å². The topological polar surface area (TPSA) is 81.7 Å². The summed E-state index contributed by atoms with van der Waals surface area (Å²) in [6.07, 6.45) is -4.46. The number of carbonyl (C=O) groups is 3. The number of rotatable bonds is 10. The first kappa shape index (κ1) is 23.3. The first-order chi connectivity index (χ1) is 14.2. The SMILES string of the molecule is CNC(=O)C(Cc1ccc(OCC(=O)c2ccc(OC(F)(F)F)cc2)cc1)SC=O. The molecule has 30 heavy (non-hydrogen) atoms. The molecule has 2 aromatic carbocycles. The fourth-order valence-electron chi connectivity index (χ4n) is 2.44. The summed E-state index contributed by atoms with van der Waals surface area (Å²) in [6.45, 7) is -0.305. The average Bonchev–Trinajstić information content (AvgIpc) is 2.71. The van der Waals surface area contributed by atoms with Crippen LogP contribution in [0.4, 0.5) is 13.2 Å². The van der Waals surface area contributed by atoms with E-state index >= 15 is 0 Å². The van der Waals surface area contributed by atoms with Crippen molar-refractivity contribution >= 4 is 29.1 Å². The van der Waals surface area contributed by atoms with Crippen molar-refractivity contribution in [2.45, 2.75) is 18.0 Å². The van der Waals surface area contributed by atoms with Crippen LogP contribution in [0.25, 0.3) is 0 Å². The normalized spacial score (nSPS) is 12.0. The lowest BCUT2D eigenvalue weighted by atomic mass is 10.1. The fraction of sp³-hybridized carbons (Fsp3) is 0.250. The number of ketones is 1. The van der Waals surface area contributed by atoms with Gasteiger partial charge in [0.2, 0.25) is 5.91 Å². The second kappa shape index (κ2) is 10.7. The Morgan fingerprint density at radius 3 is 2.20 bits per heavy atom.